The molecule has 0 amide bonds. The molecule has 0 atom stereocenters. The van der Waals surface area contributed by atoms with Crippen molar-refractivity contribution in [2.24, 2.45) is 0 Å². The van der Waals surface area contributed by atoms with Gasteiger partial charge < -0.3 is 10.2 Å². The largest absolute Gasteiger partial charge is 0.345 e. The zero-order valence-corrected chi connectivity index (χ0v) is 14.3. The SMILES string of the molecule is CCCCN(Cc1ccccc1)C(=S)Nc1cccc(Cl)c1. The Bertz CT molecular complexity index is 601. The number of hydrogen-bond acceptors (Lipinski definition) is 1. The number of rotatable bonds is 6. The van der Waals surface area contributed by atoms with Gasteiger partial charge in [0.15, 0.2) is 5.11 Å². The molecular weight excluding hydrogens is 312 g/mol. The van der Waals surface area contributed by atoms with Gasteiger partial charge in [-0.05, 0) is 42.4 Å². The van der Waals surface area contributed by atoms with Gasteiger partial charge in [-0.3, -0.25) is 0 Å². The molecule has 4 heteroatoms. The van der Waals surface area contributed by atoms with Crippen LogP contribution in [0.4, 0.5) is 5.69 Å². The minimum Gasteiger partial charge on any atom is -0.345 e. The van der Waals surface area contributed by atoms with Gasteiger partial charge in [0.2, 0.25) is 0 Å². The Balaban J connectivity index is 2.05. The van der Waals surface area contributed by atoms with E-state index in [0.717, 1.165) is 36.7 Å². The molecule has 2 rings (SSSR count). The van der Waals surface area contributed by atoms with Gasteiger partial charge in [-0.25, -0.2) is 0 Å². The van der Waals surface area contributed by atoms with Crippen molar-refractivity contribution in [2.45, 2.75) is 26.3 Å². The first-order chi connectivity index (χ1) is 10.7. The summed E-state index contributed by atoms with van der Waals surface area (Å²) in [5.41, 5.74) is 2.18. The van der Waals surface area contributed by atoms with Crippen molar-refractivity contribution in [2.75, 3.05) is 11.9 Å². The summed E-state index contributed by atoms with van der Waals surface area (Å²) in [4.78, 5) is 2.20. The molecule has 22 heavy (non-hydrogen) atoms. The van der Waals surface area contributed by atoms with E-state index in [2.05, 4.69) is 41.4 Å². The fourth-order valence-electron chi connectivity index (χ4n) is 2.17. The highest BCUT2D eigenvalue weighted by Gasteiger charge is 2.10. The molecule has 0 saturated heterocycles. The van der Waals surface area contributed by atoms with Crippen LogP contribution in [0.3, 0.4) is 0 Å². The molecule has 0 aliphatic carbocycles. The summed E-state index contributed by atoms with van der Waals surface area (Å²) in [6.07, 6.45) is 2.26. The van der Waals surface area contributed by atoms with E-state index in [9.17, 15) is 0 Å². The second-order valence-electron chi connectivity index (χ2n) is 5.20. The zero-order valence-electron chi connectivity index (χ0n) is 12.8. The number of nitrogens with one attached hydrogen (secondary N) is 1. The Morgan fingerprint density at radius 3 is 2.59 bits per heavy atom. The molecule has 0 aliphatic rings. The van der Waals surface area contributed by atoms with Crippen LogP contribution in [-0.4, -0.2) is 16.6 Å². The maximum Gasteiger partial charge on any atom is 0.173 e. The van der Waals surface area contributed by atoms with Crippen molar-refractivity contribution in [3.05, 3.63) is 65.2 Å². The number of anilines is 1. The van der Waals surface area contributed by atoms with Crippen molar-refractivity contribution < 1.29 is 0 Å². The molecule has 0 aromatic heterocycles. The van der Waals surface area contributed by atoms with Crippen LogP contribution in [0.1, 0.15) is 25.3 Å². The predicted octanol–water partition coefficient (Wildman–Crippen LogP) is 5.34. The number of thiocarbonyl (C=S) groups is 1. The van der Waals surface area contributed by atoms with Gasteiger partial charge in [0.05, 0.1) is 0 Å². The smallest absolute Gasteiger partial charge is 0.173 e. The number of benzene rings is 2. The van der Waals surface area contributed by atoms with E-state index in [4.69, 9.17) is 23.8 Å². The van der Waals surface area contributed by atoms with E-state index in [-0.39, 0.29) is 0 Å². The van der Waals surface area contributed by atoms with E-state index >= 15 is 0 Å². The number of hydrogen-bond donors (Lipinski definition) is 1. The van der Waals surface area contributed by atoms with Crippen LogP contribution >= 0.6 is 23.8 Å². The summed E-state index contributed by atoms with van der Waals surface area (Å²) < 4.78 is 0. The minimum atomic E-state index is 0.705. The first-order valence-electron chi connectivity index (χ1n) is 7.54. The number of halogens is 1. The molecule has 0 unspecified atom stereocenters. The molecule has 0 radical (unpaired) electrons. The number of nitrogens with zero attached hydrogens (tertiary/aromatic N) is 1. The minimum absolute atomic E-state index is 0.705. The second kappa shape index (κ2) is 8.76. The standard InChI is InChI=1S/C18H21ClN2S/c1-2-3-12-21(14-15-8-5-4-6-9-15)18(22)20-17-11-7-10-16(19)13-17/h4-11,13H,2-3,12,14H2,1H3,(H,20,22). The van der Waals surface area contributed by atoms with Crippen LogP contribution in [0.25, 0.3) is 0 Å². The topological polar surface area (TPSA) is 15.3 Å². The van der Waals surface area contributed by atoms with Crippen molar-refractivity contribution in [3.8, 4) is 0 Å². The first-order valence-corrected chi connectivity index (χ1v) is 8.33. The van der Waals surface area contributed by atoms with Gasteiger partial charge in [-0.2, -0.15) is 0 Å². The summed E-state index contributed by atoms with van der Waals surface area (Å²) in [7, 11) is 0. The highest BCUT2D eigenvalue weighted by Crippen LogP contribution is 2.16. The van der Waals surface area contributed by atoms with Gasteiger partial charge in [-0.1, -0.05) is 61.3 Å². The lowest BCUT2D eigenvalue weighted by Gasteiger charge is -2.26. The zero-order chi connectivity index (χ0) is 15.8. The summed E-state index contributed by atoms with van der Waals surface area (Å²) in [5, 5.41) is 4.73. The summed E-state index contributed by atoms with van der Waals surface area (Å²) >= 11 is 11.6. The Hall–Kier alpha value is -1.58. The lowest BCUT2D eigenvalue weighted by molar-refractivity contribution is 0.408. The Labute approximate surface area is 143 Å². The van der Waals surface area contributed by atoms with Gasteiger partial charge in [0.25, 0.3) is 0 Å². The lowest BCUT2D eigenvalue weighted by Crippen LogP contribution is -2.35. The van der Waals surface area contributed by atoms with Crippen LogP contribution in [0, 0.1) is 0 Å². The number of unbranched alkanes of at least 4 members (excludes halogenated alkanes) is 1. The average Bonchev–Trinajstić information content (AvgIpc) is 2.52. The third-order valence-electron chi connectivity index (χ3n) is 3.36. The molecule has 0 bridgehead atoms. The van der Waals surface area contributed by atoms with Crippen LogP contribution < -0.4 is 5.32 Å². The van der Waals surface area contributed by atoms with E-state index in [1.54, 1.807) is 0 Å². The Morgan fingerprint density at radius 2 is 1.91 bits per heavy atom. The van der Waals surface area contributed by atoms with Gasteiger partial charge >= 0.3 is 0 Å². The molecule has 0 fully saturated rings. The first kappa shape index (κ1) is 16.8. The highest BCUT2D eigenvalue weighted by molar-refractivity contribution is 7.80. The van der Waals surface area contributed by atoms with Crippen molar-refractivity contribution in [1.82, 2.24) is 4.90 Å². The van der Waals surface area contributed by atoms with Crippen molar-refractivity contribution in [3.63, 3.8) is 0 Å². The van der Waals surface area contributed by atoms with Crippen LogP contribution in [-0.2, 0) is 6.54 Å². The van der Waals surface area contributed by atoms with E-state index in [1.165, 1.54) is 5.56 Å². The Morgan fingerprint density at radius 1 is 1.14 bits per heavy atom. The normalized spacial score (nSPS) is 10.3. The fraction of sp³-hybridized carbons (Fsp3) is 0.278. The highest BCUT2D eigenvalue weighted by atomic mass is 35.5. The maximum absolute atomic E-state index is 6.02. The third-order valence-corrected chi connectivity index (χ3v) is 3.96. The lowest BCUT2D eigenvalue weighted by atomic mass is 10.2. The van der Waals surface area contributed by atoms with E-state index < -0.39 is 0 Å². The molecule has 2 aromatic rings. The summed E-state index contributed by atoms with van der Waals surface area (Å²) in [6, 6.07) is 18.0. The van der Waals surface area contributed by atoms with Gasteiger partial charge in [0, 0.05) is 23.8 Å². The monoisotopic (exact) mass is 332 g/mol. The van der Waals surface area contributed by atoms with Crippen molar-refractivity contribution in [1.29, 1.82) is 0 Å². The maximum atomic E-state index is 6.02. The second-order valence-corrected chi connectivity index (χ2v) is 6.02. The molecule has 2 nitrogen and oxygen atoms in total. The Kier molecular flexibility index (Phi) is 6.69. The van der Waals surface area contributed by atoms with E-state index in [0.29, 0.717) is 5.02 Å². The predicted molar refractivity (Wildman–Crippen MR) is 99.4 cm³/mol. The molecular formula is C18H21ClN2S. The average molecular weight is 333 g/mol. The van der Waals surface area contributed by atoms with Gasteiger partial charge in [-0.15, -0.1) is 0 Å². The molecule has 2 aromatic carbocycles. The third kappa shape index (κ3) is 5.32. The molecule has 0 spiro atoms. The fourth-order valence-corrected chi connectivity index (χ4v) is 2.64. The van der Waals surface area contributed by atoms with Gasteiger partial charge in [0.1, 0.15) is 0 Å². The molecule has 1 N–H and O–H groups in total. The summed E-state index contributed by atoms with van der Waals surface area (Å²) in [5.74, 6) is 0. The quantitative estimate of drug-likeness (QED) is 0.719. The molecule has 0 heterocycles. The van der Waals surface area contributed by atoms with Crippen LogP contribution in [0.15, 0.2) is 54.6 Å². The van der Waals surface area contributed by atoms with E-state index in [1.807, 2.05) is 30.3 Å². The van der Waals surface area contributed by atoms with Crippen LogP contribution in [0.2, 0.25) is 5.02 Å². The van der Waals surface area contributed by atoms with Crippen LogP contribution in [0.5, 0.6) is 0 Å². The molecule has 116 valence electrons. The molecule has 0 saturated carbocycles. The molecule has 0 aliphatic heterocycles. The summed E-state index contributed by atoms with van der Waals surface area (Å²) in [6.45, 7) is 3.94. The van der Waals surface area contributed by atoms with Crippen molar-refractivity contribution >= 4 is 34.6 Å².